The fraction of sp³-hybridized carbons (Fsp3) is 0.263. The van der Waals surface area contributed by atoms with Gasteiger partial charge in [0.25, 0.3) is 0 Å². The van der Waals surface area contributed by atoms with Crippen molar-refractivity contribution >= 4 is 28.3 Å². The molecule has 25 heavy (non-hydrogen) atoms. The lowest BCUT2D eigenvalue weighted by Gasteiger charge is -2.19. The number of pyridine rings is 1. The number of benzene rings is 1. The average molecular weight is 357 g/mol. The van der Waals surface area contributed by atoms with E-state index < -0.39 is 0 Å². The van der Waals surface area contributed by atoms with E-state index in [0.29, 0.717) is 28.5 Å². The summed E-state index contributed by atoms with van der Waals surface area (Å²) in [7, 11) is 0. The lowest BCUT2D eigenvalue weighted by Crippen LogP contribution is -2.27. The number of halogens is 2. The highest BCUT2D eigenvalue weighted by molar-refractivity contribution is 6.31. The summed E-state index contributed by atoms with van der Waals surface area (Å²) < 4.78 is 16.7. The number of hydrogen-bond acceptors (Lipinski definition) is 2. The van der Waals surface area contributed by atoms with Gasteiger partial charge in [0.1, 0.15) is 11.7 Å². The molecular formula is C19H18ClFN4. The lowest BCUT2D eigenvalue weighted by atomic mass is 10.1. The van der Waals surface area contributed by atoms with Crippen LogP contribution < -0.4 is 0 Å². The van der Waals surface area contributed by atoms with E-state index in [0.717, 1.165) is 36.8 Å². The van der Waals surface area contributed by atoms with Gasteiger partial charge in [0.15, 0.2) is 0 Å². The van der Waals surface area contributed by atoms with Crippen molar-refractivity contribution in [2.75, 3.05) is 13.1 Å². The Morgan fingerprint density at radius 2 is 2.04 bits per heavy atom. The van der Waals surface area contributed by atoms with Crippen LogP contribution in [-0.2, 0) is 6.54 Å². The van der Waals surface area contributed by atoms with Crippen LogP contribution in [0.4, 0.5) is 4.39 Å². The highest BCUT2D eigenvalue weighted by Crippen LogP contribution is 2.26. The Bertz CT molecular complexity index is 920. The van der Waals surface area contributed by atoms with Gasteiger partial charge in [0, 0.05) is 47.0 Å². The topological polar surface area (TPSA) is 44.9 Å². The molecule has 0 unspecified atom stereocenters. The number of nitrogens with zero attached hydrogens (tertiary/aromatic N) is 3. The molecule has 2 aromatic heterocycles. The first-order valence-corrected chi connectivity index (χ1v) is 8.72. The summed E-state index contributed by atoms with van der Waals surface area (Å²) in [6.07, 6.45) is 7.55. The molecule has 1 saturated heterocycles. The number of aromatic nitrogens is 2. The molecule has 0 saturated carbocycles. The number of hydrogen-bond donors (Lipinski definition) is 1. The van der Waals surface area contributed by atoms with Gasteiger partial charge in [-0.25, -0.2) is 4.39 Å². The third kappa shape index (κ3) is 3.00. The summed E-state index contributed by atoms with van der Waals surface area (Å²) in [5.74, 6) is -0.0300. The average Bonchev–Trinajstić information content (AvgIpc) is 3.27. The predicted molar refractivity (Wildman–Crippen MR) is 97.9 cm³/mol. The fourth-order valence-corrected chi connectivity index (χ4v) is 3.62. The van der Waals surface area contributed by atoms with Crippen LogP contribution in [0.25, 0.3) is 10.9 Å². The summed E-state index contributed by atoms with van der Waals surface area (Å²) in [6, 6.07) is 7.01. The third-order valence-corrected chi connectivity index (χ3v) is 5.08. The van der Waals surface area contributed by atoms with E-state index in [-0.39, 0.29) is 5.82 Å². The van der Waals surface area contributed by atoms with Crippen molar-refractivity contribution in [2.45, 2.75) is 19.4 Å². The molecular weight excluding hydrogens is 339 g/mol. The molecule has 1 N–H and O–H groups in total. The van der Waals surface area contributed by atoms with Gasteiger partial charge in [-0.05, 0) is 37.1 Å². The zero-order valence-corrected chi connectivity index (χ0v) is 14.4. The number of fused-ring (bicyclic) bond motifs is 1. The summed E-state index contributed by atoms with van der Waals surface area (Å²) >= 11 is 6.37. The highest BCUT2D eigenvalue weighted by atomic mass is 35.5. The minimum atomic E-state index is -0.378. The SMILES string of the molecule is N=C(c1cc(F)c(Cn2ccc3ccncc32)c(Cl)c1)N1CCCC1. The Balaban J connectivity index is 1.65. The van der Waals surface area contributed by atoms with Gasteiger partial charge < -0.3 is 9.47 Å². The molecule has 0 atom stereocenters. The molecule has 1 aliphatic heterocycles. The molecule has 4 rings (SSSR count). The van der Waals surface area contributed by atoms with Gasteiger partial charge in [-0.1, -0.05) is 11.6 Å². The molecule has 0 radical (unpaired) electrons. The van der Waals surface area contributed by atoms with Gasteiger partial charge in [0.05, 0.1) is 18.3 Å². The van der Waals surface area contributed by atoms with E-state index in [9.17, 15) is 4.39 Å². The second-order valence-electron chi connectivity index (χ2n) is 6.34. The molecule has 6 heteroatoms. The number of likely N-dealkylation sites (tertiary alicyclic amines) is 1. The van der Waals surface area contributed by atoms with Gasteiger partial charge in [-0.3, -0.25) is 10.4 Å². The van der Waals surface area contributed by atoms with Gasteiger partial charge in [0.2, 0.25) is 0 Å². The zero-order chi connectivity index (χ0) is 17.4. The van der Waals surface area contributed by atoms with Crippen molar-refractivity contribution in [1.29, 1.82) is 5.41 Å². The quantitative estimate of drug-likeness (QED) is 0.561. The van der Waals surface area contributed by atoms with Crippen LogP contribution in [0, 0.1) is 11.2 Å². The molecule has 0 amide bonds. The zero-order valence-electron chi connectivity index (χ0n) is 13.7. The van der Waals surface area contributed by atoms with Crippen molar-refractivity contribution in [3.63, 3.8) is 0 Å². The van der Waals surface area contributed by atoms with Crippen molar-refractivity contribution in [3.8, 4) is 0 Å². The summed E-state index contributed by atoms with van der Waals surface area (Å²) in [5, 5.41) is 9.69. The normalized spacial score (nSPS) is 14.4. The summed E-state index contributed by atoms with van der Waals surface area (Å²) in [5.41, 5.74) is 1.90. The van der Waals surface area contributed by atoms with Crippen LogP contribution in [0.5, 0.6) is 0 Å². The first-order valence-electron chi connectivity index (χ1n) is 8.34. The molecule has 4 nitrogen and oxygen atoms in total. The smallest absolute Gasteiger partial charge is 0.130 e. The van der Waals surface area contributed by atoms with Crippen LogP contribution in [0.3, 0.4) is 0 Å². The first kappa shape index (κ1) is 16.1. The maximum atomic E-state index is 14.7. The van der Waals surface area contributed by atoms with E-state index >= 15 is 0 Å². The minimum Gasteiger partial charge on any atom is -0.357 e. The standard InChI is InChI=1S/C19H18ClFN4/c20-16-9-14(19(22)24-6-1-2-7-24)10-17(21)15(16)12-25-8-4-13-3-5-23-11-18(13)25/h3-5,8-11,22H,1-2,6-7,12H2. The predicted octanol–water partition coefficient (Wildman–Crippen LogP) is 4.30. The molecule has 1 fully saturated rings. The second-order valence-corrected chi connectivity index (χ2v) is 6.75. The van der Waals surface area contributed by atoms with E-state index in [2.05, 4.69) is 4.98 Å². The third-order valence-electron chi connectivity index (χ3n) is 4.74. The molecule has 3 aromatic rings. The van der Waals surface area contributed by atoms with Crippen molar-refractivity contribution in [3.05, 3.63) is 64.8 Å². The highest BCUT2D eigenvalue weighted by Gasteiger charge is 2.19. The molecule has 1 aromatic carbocycles. The Morgan fingerprint density at radius 1 is 1.24 bits per heavy atom. The first-order chi connectivity index (χ1) is 12.1. The van der Waals surface area contributed by atoms with Crippen molar-refractivity contribution < 1.29 is 4.39 Å². The van der Waals surface area contributed by atoms with Gasteiger partial charge in [-0.2, -0.15) is 0 Å². The van der Waals surface area contributed by atoms with Crippen LogP contribution >= 0.6 is 11.6 Å². The Morgan fingerprint density at radius 3 is 2.80 bits per heavy atom. The van der Waals surface area contributed by atoms with E-state index in [1.54, 1.807) is 18.5 Å². The van der Waals surface area contributed by atoms with Gasteiger partial charge in [-0.15, -0.1) is 0 Å². The van der Waals surface area contributed by atoms with Crippen molar-refractivity contribution in [2.24, 2.45) is 0 Å². The van der Waals surface area contributed by atoms with Crippen LogP contribution in [0.1, 0.15) is 24.0 Å². The molecule has 0 spiro atoms. The lowest BCUT2D eigenvalue weighted by molar-refractivity contribution is 0.516. The van der Waals surface area contributed by atoms with Crippen molar-refractivity contribution in [1.82, 2.24) is 14.5 Å². The van der Waals surface area contributed by atoms with Gasteiger partial charge >= 0.3 is 0 Å². The number of nitrogens with one attached hydrogen (secondary N) is 1. The maximum Gasteiger partial charge on any atom is 0.130 e. The Hall–Kier alpha value is -2.40. The monoisotopic (exact) mass is 356 g/mol. The molecule has 3 heterocycles. The maximum absolute atomic E-state index is 14.7. The van der Waals surface area contributed by atoms with E-state index in [1.165, 1.54) is 6.07 Å². The molecule has 1 aliphatic rings. The Labute approximate surface area is 150 Å². The largest absolute Gasteiger partial charge is 0.357 e. The number of rotatable bonds is 3. The molecule has 0 bridgehead atoms. The molecule has 0 aliphatic carbocycles. The van der Waals surface area contributed by atoms with E-state index in [4.69, 9.17) is 17.0 Å². The number of amidine groups is 1. The fourth-order valence-electron chi connectivity index (χ4n) is 3.35. The summed E-state index contributed by atoms with van der Waals surface area (Å²) in [6.45, 7) is 2.03. The van der Waals surface area contributed by atoms with Crippen LogP contribution in [-0.4, -0.2) is 33.4 Å². The summed E-state index contributed by atoms with van der Waals surface area (Å²) in [4.78, 5) is 6.10. The minimum absolute atomic E-state index is 0.331. The Kier molecular flexibility index (Phi) is 4.17. The van der Waals surface area contributed by atoms with Crippen LogP contribution in [0.15, 0.2) is 42.9 Å². The second kappa shape index (κ2) is 6.48. The van der Waals surface area contributed by atoms with Crippen LogP contribution in [0.2, 0.25) is 5.02 Å². The molecule has 128 valence electrons. The van der Waals surface area contributed by atoms with E-state index in [1.807, 2.05) is 27.8 Å².